The van der Waals surface area contributed by atoms with Crippen LogP contribution in [-0.4, -0.2) is 16.5 Å². The largest absolute Gasteiger partial charge is 0.345 e. The first kappa shape index (κ1) is 10.8. The van der Waals surface area contributed by atoms with Crippen molar-refractivity contribution in [1.82, 2.24) is 9.97 Å². The Kier molecular flexibility index (Phi) is 2.45. The first-order chi connectivity index (χ1) is 8.19. The summed E-state index contributed by atoms with van der Waals surface area (Å²) in [6.45, 7) is 2.69. The van der Waals surface area contributed by atoms with Crippen molar-refractivity contribution in [2.24, 2.45) is 5.73 Å². The van der Waals surface area contributed by atoms with Crippen LogP contribution in [0.15, 0.2) is 18.2 Å². The van der Waals surface area contributed by atoms with E-state index in [4.69, 9.17) is 17.3 Å². The molecule has 2 aromatic rings. The summed E-state index contributed by atoms with van der Waals surface area (Å²) in [7, 11) is 0. The van der Waals surface area contributed by atoms with Gasteiger partial charge >= 0.3 is 0 Å². The van der Waals surface area contributed by atoms with E-state index in [1.165, 1.54) is 16.8 Å². The van der Waals surface area contributed by atoms with Crippen molar-refractivity contribution < 1.29 is 0 Å². The minimum atomic E-state index is 0.274. The summed E-state index contributed by atoms with van der Waals surface area (Å²) in [5.41, 5.74) is 10.3. The van der Waals surface area contributed by atoms with Gasteiger partial charge in [-0.3, -0.25) is 0 Å². The standard InChI is InChI=1S/C13H14ClN3/c1-7(6-15)13-16-11-5-8-4-9(14)2-3-10(8)12(11)17-13/h2-4,7H,5-6,15H2,1H3,(H,16,17). The summed E-state index contributed by atoms with van der Waals surface area (Å²) in [5, 5.41) is 0.782. The van der Waals surface area contributed by atoms with Crippen LogP contribution in [0.25, 0.3) is 11.3 Å². The molecule has 1 atom stereocenters. The Morgan fingerprint density at radius 3 is 3.12 bits per heavy atom. The van der Waals surface area contributed by atoms with Gasteiger partial charge in [-0.25, -0.2) is 4.98 Å². The molecular weight excluding hydrogens is 234 g/mol. The van der Waals surface area contributed by atoms with Crippen LogP contribution in [0.4, 0.5) is 0 Å². The second-order valence-electron chi connectivity index (χ2n) is 4.56. The molecule has 3 rings (SSSR count). The fraction of sp³-hybridized carbons (Fsp3) is 0.308. The fourth-order valence-corrected chi connectivity index (χ4v) is 2.45. The second kappa shape index (κ2) is 3.86. The number of imidazole rings is 1. The zero-order valence-electron chi connectivity index (χ0n) is 9.63. The Morgan fingerprint density at radius 2 is 2.35 bits per heavy atom. The maximum absolute atomic E-state index is 5.99. The van der Waals surface area contributed by atoms with Gasteiger partial charge in [-0.1, -0.05) is 24.6 Å². The molecule has 17 heavy (non-hydrogen) atoms. The van der Waals surface area contributed by atoms with Gasteiger partial charge in [-0.15, -0.1) is 0 Å². The third-order valence-electron chi connectivity index (χ3n) is 3.31. The van der Waals surface area contributed by atoms with E-state index in [1.54, 1.807) is 0 Å². The smallest absolute Gasteiger partial charge is 0.111 e. The highest BCUT2D eigenvalue weighted by Gasteiger charge is 2.24. The molecule has 0 saturated carbocycles. The molecule has 88 valence electrons. The molecule has 1 aliphatic carbocycles. The molecule has 0 saturated heterocycles. The highest BCUT2D eigenvalue weighted by Crippen LogP contribution is 2.36. The predicted molar refractivity (Wildman–Crippen MR) is 69.3 cm³/mol. The third-order valence-corrected chi connectivity index (χ3v) is 3.54. The summed E-state index contributed by atoms with van der Waals surface area (Å²) < 4.78 is 0. The minimum absolute atomic E-state index is 0.274. The van der Waals surface area contributed by atoms with E-state index in [0.29, 0.717) is 6.54 Å². The molecule has 0 bridgehead atoms. The van der Waals surface area contributed by atoms with E-state index in [1.807, 2.05) is 18.2 Å². The molecule has 1 aromatic heterocycles. The monoisotopic (exact) mass is 247 g/mol. The maximum atomic E-state index is 5.99. The van der Waals surface area contributed by atoms with Crippen LogP contribution in [0.5, 0.6) is 0 Å². The summed E-state index contributed by atoms with van der Waals surface area (Å²) >= 11 is 5.99. The van der Waals surface area contributed by atoms with Crippen LogP contribution < -0.4 is 5.73 Å². The lowest BCUT2D eigenvalue weighted by molar-refractivity contribution is 0.722. The van der Waals surface area contributed by atoms with Gasteiger partial charge in [-0.05, 0) is 17.7 Å². The average molecular weight is 248 g/mol. The number of halogens is 1. The molecule has 4 heteroatoms. The fourth-order valence-electron chi connectivity index (χ4n) is 2.26. The van der Waals surface area contributed by atoms with Crippen LogP contribution in [0.3, 0.4) is 0 Å². The molecule has 1 unspecified atom stereocenters. The molecule has 0 radical (unpaired) electrons. The molecule has 0 aliphatic heterocycles. The zero-order chi connectivity index (χ0) is 12.0. The number of benzene rings is 1. The summed E-state index contributed by atoms with van der Waals surface area (Å²) in [6, 6.07) is 5.97. The minimum Gasteiger partial charge on any atom is -0.345 e. The van der Waals surface area contributed by atoms with Crippen molar-refractivity contribution in [2.75, 3.05) is 6.54 Å². The van der Waals surface area contributed by atoms with E-state index < -0.39 is 0 Å². The van der Waals surface area contributed by atoms with Crippen molar-refractivity contribution in [3.63, 3.8) is 0 Å². The van der Waals surface area contributed by atoms with Gasteiger partial charge in [0.15, 0.2) is 0 Å². The van der Waals surface area contributed by atoms with Crippen LogP contribution in [0.1, 0.15) is 29.9 Å². The van der Waals surface area contributed by atoms with Gasteiger partial charge in [0.05, 0.1) is 5.69 Å². The van der Waals surface area contributed by atoms with Gasteiger partial charge < -0.3 is 10.7 Å². The Hall–Kier alpha value is -1.32. The number of aromatic amines is 1. The van der Waals surface area contributed by atoms with E-state index in [-0.39, 0.29) is 5.92 Å². The summed E-state index contributed by atoms with van der Waals surface area (Å²) in [4.78, 5) is 8.03. The lowest BCUT2D eigenvalue weighted by Crippen LogP contribution is -2.10. The summed E-state index contributed by atoms with van der Waals surface area (Å²) in [5.74, 6) is 1.26. The Balaban J connectivity index is 2.06. The Morgan fingerprint density at radius 1 is 1.53 bits per heavy atom. The van der Waals surface area contributed by atoms with Crippen LogP contribution in [-0.2, 0) is 6.42 Å². The first-order valence-corrected chi connectivity index (χ1v) is 6.14. The third kappa shape index (κ3) is 1.66. The summed E-state index contributed by atoms with van der Waals surface area (Å²) in [6.07, 6.45) is 0.884. The number of aromatic nitrogens is 2. The van der Waals surface area contributed by atoms with E-state index >= 15 is 0 Å². The number of nitrogens with two attached hydrogens (primary N) is 1. The SMILES string of the molecule is CC(CN)c1nc2c([nH]1)Cc1cc(Cl)ccc1-2. The van der Waals surface area contributed by atoms with Crippen LogP contribution in [0, 0.1) is 0 Å². The Bertz CT molecular complexity index is 574. The number of nitrogens with zero attached hydrogens (tertiary/aromatic N) is 1. The van der Waals surface area contributed by atoms with Gasteiger partial charge in [0.2, 0.25) is 0 Å². The number of hydrogen-bond donors (Lipinski definition) is 2. The highest BCUT2D eigenvalue weighted by atomic mass is 35.5. The van der Waals surface area contributed by atoms with Gasteiger partial charge in [-0.2, -0.15) is 0 Å². The highest BCUT2D eigenvalue weighted by molar-refractivity contribution is 6.30. The van der Waals surface area contributed by atoms with Gasteiger partial charge in [0.25, 0.3) is 0 Å². The van der Waals surface area contributed by atoms with Crippen molar-refractivity contribution >= 4 is 11.6 Å². The molecule has 0 amide bonds. The van der Waals surface area contributed by atoms with Crippen LogP contribution in [0.2, 0.25) is 5.02 Å². The number of nitrogens with one attached hydrogen (secondary N) is 1. The van der Waals surface area contributed by atoms with Crippen molar-refractivity contribution in [2.45, 2.75) is 19.3 Å². The normalized spacial score (nSPS) is 14.5. The van der Waals surface area contributed by atoms with Crippen molar-refractivity contribution in [3.8, 4) is 11.3 Å². The van der Waals surface area contributed by atoms with E-state index in [9.17, 15) is 0 Å². The topological polar surface area (TPSA) is 54.7 Å². The Labute approximate surface area is 105 Å². The quantitative estimate of drug-likeness (QED) is 0.732. The zero-order valence-corrected chi connectivity index (χ0v) is 10.4. The lowest BCUT2D eigenvalue weighted by Gasteiger charge is -2.04. The molecule has 1 aromatic carbocycles. The molecule has 0 spiro atoms. The molecule has 3 nitrogen and oxygen atoms in total. The van der Waals surface area contributed by atoms with Crippen molar-refractivity contribution in [1.29, 1.82) is 0 Å². The number of fused-ring (bicyclic) bond motifs is 3. The maximum Gasteiger partial charge on any atom is 0.111 e. The molecule has 0 fully saturated rings. The number of hydrogen-bond acceptors (Lipinski definition) is 2. The van der Waals surface area contributed by atoms with Crippen LogP contribution >= 0.6 is 11.6 Å². The molecule has 1 aliphatic rings. The van der Waals surface area contributed by atoms with E-state index in [0.717, 1.165) is 23.0 Å². The number of rotatable bonds is 2. The number of H-pyrrole nitrogens is 1. The second-order valence-corrected chi connectivity index (χ2v) is 5.00. The lowest BCUT2D eigenvalue weighted by atomic mass is 10.1. The molecule has 3 N–H and O–H groups in total. The van der Waals surface area contributed by atoms with Gasteiger partial charge in [0, 0.05) is 35.2 Å². The molecule has 1 heterocycles. The van der Waals surface area contributed by atoms with E-state index in [2.05, 4.69) is 16.9 Å². The predicted octanol–water partition coefficient (Wildman–Crippen LogP) is 2.70. The first-order valence-electron chi connectivity index (χ1n) is 5.76. The molecular formula is C13H14ClN3. The van der Waals surface area contributed by atoms with Crippen molar-refractivity contribution in [3.05, 3.63) is 40.3 Å². The average Bonchev–Trinajstić information content (AvgIpc) is 2.84. The van der Waals surface area contributed by atoms with Gasteiger partial charge in [0.1, 0.15) is 5.82 Å².